The number of carbonyl (C=O) groups is 1. The van der Waals surface area contributed by atoms with Crippen LogP contribution in [0.2, 0.25) is 0 Å². The molecular weight excluding hydrogens is 264 g/mol. The molecule has 1 aliphatic carbocycles. The van der Waals surface area contributed by atoms with Crippen LogP contribution >= 0.6 is 12.4 Å². The molecule has 0 unspecified atom stereocenters. The first-order valence-electron chi connectivity index (χ1n) is 7.31. The summed E-state index contributed by atoms with van der Waals surface area (Å²) in [5.41, 5.74) is -0.583. The summed E-state index contributed by atoms with van der Waals surface area (Å²) in [6.45, 7) is 2.56. The number of halogens is 1. The maximum atomic E-state index is 12.3. The summed E-state index contributed by atoms with van der Waals surface area (Å²) >= 11 is 0. The van der Waals surface area contributed by atoms with Gasteiger partial charge in [-0.1, -0.05) is 19.3 Å². The predicted octanol–water partition coefficient (Wildman–Crippen LogP) is 1.87. The molecule has 0 aromatic carbocycles. The fourth-order valence-corrected chi connectivity index (χ4v) is 3.14. The van der Waals surface area contributed by atoms with Crippen molar-refractivity contribution in [2.45, 2.75) is 50.5 Å². The molecule has 1 amide bonds. The van der Waals surface area contributed by atoms with Gasteiger partial charge in [0.15, 0.2) is 0 Å². The van der Waals surface area contributed by atoms with E-state index in [-0.39, 0.29) is 18.3 Å². The third-order valence-electron chi connectivity index (χ3n) is 4.49. The molecule has 1 saturated carbocycles. The molecule has 0 atom stereocenters. The average molecular weight is 291 g/mol. The maximum absolute atomic E-state index is 12.3. The third-order valence-corrected chi connectivity index (χ3v) is 4.49. The van der Waals surface area contributed by atoms with Crippen LogP contribution < -0.4 is 10.6 Å². The minimum absolute atomic E-state index is 0. The van der Waals surface area contributed by atoms with Gasteiger partial charge in [0, 0.05) is 13.7 Å². The van der Waals surface area contributed by atoms with E-state index in [0.29, 0.717) is 5.92 Å². The number of nitrogens with one attached hydrogen (secondary N) is 2. The monoisotopic (exact) mass is 290 g/mol. The molecule has 2 N–H and O–H groups in total. The second kappa shape index (κ2) is 8.08. The quantitative estimate of drug-likeness (QED) is 0.831. The summed E-state index contributed by atoms with van der Waals surface area (Å²) in [4.78, 5) is 12.3. The number of piperidine rings is 1. The van der Waals surface area contributed by atoms with Crippen molar-refractivity contribution in [3.05, 3.63) is 0 Å². The highest BCUT2D eigenvalue weighted by Crippen LogP contribution is 2.25. The normalized spacial score (nSPS) is 23.4. The summed E-state index contributed by atoms with van der Waals surface area (Å²) in [6.07, 6.45) is 8.08. The standard InChI is InChI=1S/C14H26N2O2.ClH/c1-18-14(7-9-15-10-8-14)13(17)16-11-12-5-3-2-4-6-12;/h12,15H,2-11H2,1H3,(H,16,17);1H. The largest absolute Gasteiger partial charge is 0.368 e. The van der Waals surface area contributed by atoms with Gasteiger partial charge in [0.1, 0.15) is 5.60 Å². The van der Waals surface area contributed by atoms with Crippen LogP contribution in [0.4, 0.5) is 0 Å². The Morgan fingerprint density at radius 1 is 1.26 bits per heavy atom. The maximum Gasteiger partial charge on any atom is 0.252 e. The average Bonchev–Trinajstić information content (AvgIpc) is 2.46. The van der Waals surface area contributed by atoms with E-state index in [1.54, 1.807) is 7.11 Å². The second-order valence-corrected chi connectivity index (χ2v) is 5.66. The second-order valence-electron chi connectivity index (χ2n) is 5.66. The van der Waals surface area contributed by atoms with Crippen molar-refractivity contribution >= 4 is 18.3 Å². The number of rotatable bonds is 4. The number of carbonyl (C=O) groups excluding carboxylic acids is 1. The van der Waals surface area contributed by atoms with Crippen molar-refractivity contribution in [3.8, 4) is 0 Å². The molecular formula is C14H27ClN2O2. The first-order valence-corrected chi connectivity index (χ1v) is 7.31. The lowest BCUT2D eigenvalue weighted by atomic mass is 9.88. The minimum atomic E-state index is -0.583. The fraction of sp³-hybridized carbons (Fsp3) is 0.929. The van der Waals surface area contributed by atoms with Gasteiger partial charge in [-0.25, -0.2) is 0 Å². The van der Waals surface area contributed by atoms with E-state index in [0.717, 1.165) is 32.5 Å². The van der Waals surface area contributed by atoms with E-state index >= 15 is 0 Å². The molecule has 0 spiro atoms. The summed E-state index contributed by atoms with van der Waals surface area (Å²) < 4.78 is 5.53. The molecule has 0 aromatic heterocycles. The van der Waals surface area contributed by atoms with Crippen molar-refractivity contribution in [2.75, 3.05) is 26.7 Å². The number of ether oxygens (including phenoxy) is 1. The zero-order valence-electron chi connectivity index (χ0n) is 11.9. The smallest absolute Gasteiger partial charge is 0.252 e. The molecule has 1 aliphatic heterocycles. The van der Waals surface area contributed by atoms with Gasteiger partial charge < -0.3 is 15.4 Å². The van der Waals surface area contributed by atoms with Gasteiger partial charge in [0.05, 0.1) is 0 Å². The highest BCUT2D eigenvalue weighted by Gasteiger charge is 2.39. The summed E-state index contributed by atoms with van der Waals surface area (Å²) in [5, 5.41) is 6.40. The summed E-state index contributed by atoms with van der Waals surface area (Å²) in [5.74, 6) is 0.774. The third kappa shape index (κ3) is 4.33. The van der Waals surface area contributed by atoms with Crippen molar-refractivity contribution in [1.29, 1.82) is 0 Å². The lowest BCUT2D eigenvalue weighted by Crippen LogP contribution is -2.54. The predicted molar refractivity (Wildman–Crippen MR) is 78.7 cm³/mol. The Morgan fingerprint density at radius 3 is 2.47 bits per heavy atom. The van der Waals surface area contributed by atoms with Crippen LogP contribution in [-0.4, -0.2) is 38.3 Å². The number of amides is 1. The highest BCUT2D eigenvalue weighted by molar-refractivity contribution is 5.85. The van der Waals surface area contributed by atoms with Crippen molar-refractivity contribution in [3.63, 3.8) is 0 Å². The molecule has 0 radical (unpaired) electrons. The van der Waals surface area contributed by atoms with Gasteiger partial charge in [-0.15, -0.1) is 12.4 Å². The zero-order chi connectivity index (χ0) is 12.8. The molecule has 0 aromatic rings. The number of hydrogen-bond acceptors (Lipinski definition) is 3. The van der Waals surface area contributed by atoms with Crippen molar-refractivity contribution in [1.82, 2.24) is 10.6 Å². The topological polar surface area (TPSA) is 50.4 Å². The Hall–Kier alpha value is -0.320. The van der Waals surface area contributed by atoms with E-state index in [4.69, 9.17) is 4.74 Å². The van der Waals surface area contributed by atoms with Crippen molar-refractivity contribution in [2.24, 2.45) is 5.92 Å². The Balaban J connectivity index is 0.00000180. The van der Waals surface area contributed by atoms with Crippen molar-refractivity contribution < 1.29 is 9.53 Å². The SMILES string of the molecule is COC1(C(=O)NCC2CCCCC2)CCNCC1.Cl. The molecule has 2 rings (SSSR count). The van der Waals surface area contributed by atoms with E-state index in [2.05, 4.69) is 10.6 Å². The van der Waals surface area contributed by atoms with Gasteiger partial charge in [0.2, 0.25) is 0 Å². The van der Waals surface area contributed by atoms with E-state index in [9.17, 15) is 4.79 Å². The first-order chi connectivity index (χ1) is 8.77. The van der Waals surface area contributed by atoms with E-state index in [1.807, 2.05) is 0 Å². The highest BCUT2D eigenvalue weighted by atomic mass is 35.5. The lowest BCUT2D eigenvalue weighted by molar-refractivity contribution is -0.146. The molecule has 1 heterocycles. The molecule has 4 nitrogen and oxygen atoms in total. The first kappa shape index (κ1) is 16.7. The summed E-state index contributed by atoms with van der Waals surface area (Å²) in [6, 6.07) is 0. The van der Waals surface area contributed by atoms with Crippen LogP contribution in [0.25, 0.3) is 0 Å². The molecule has 2 fully saturated rings. The number of hydrogen-bond donors (Lipinski definition) is 2. The molecule has 1 saturated heterocycles. The van der Waals surface area contributed by atoms with Crippen LogP contribution in [0.3, 0.4) is 0 Å². The zero-order valence-corrected chi connectivity index (χ0v) is 12.7. The van der Waals surface area contributed by atoms with Gasteiger partial charge in [-0.05, 0) is 44.7 Å². The number of methoxy groups -OCH3 is 1. The fourth-order valence-electron chi connectivity index (χ4n) is 3.14. The Bertz CT molecular complexity index is 275. The van der Waals surface area contributed by atoms with E-state index in [1.165, 1.54) is 32.1 Å². The molecule has 112 valence electrons. The van der Waals surface area contributed by atoms with Crippen LogP contribution in [0.1, 0.15) is 44.9 Å². The molecule has 0 bridgehead atoms. The van der Waals surface area contributed by atoms with Crippen LogP contribution in [0.15, 0.2) is 0 Å². The van der Waals surface area contributed by atoms with Gasteiger partial charge in [-0.2, -0.15) is 0 Å². The van der Waals surface area contributed by atoms with E-state index < -0.39 is 5.60 Å². The van der Waals surface area contributed by atoms with Crippen LogP contribution in [-0.2, 0) is 9.53 Å². The van der Waals surface area contributed by atoms with Gasteiger partial charge in [0.25, 0.3) is 5.91 Å². The Labute approximate surface area is 122 Å². The molecule has 5 heteroatoms. The van der Waals surface area contributed by atoms with Crippen LogP contribution in [0, 0.1) is 5.92 Å². The Kier molecular flexibility index (Phi) is 7.11. The van der Waals surface area contributed by atoms with Crippen LogP contribution in [0.5, 0.6) is 0 Å². The lowest BCUT2D eigenvalue weighted by Gasteiger charge is -2.35. The molecule has 19 heavy (non-hydrogen) atoms. The minimum Gasteiger partial charge on any atom is -0.368 e. The summed E-state index contributed by atoms with van der Waals surface area (Å²) in [7, 11) is 1.66. The van der Waals surface area contributed by atoms with Gasteiger partial charge in [-0.3, -0.25) is 4.79 Å². The molecule has 2 aliphatic rings. The van der Waals surface area contributed by atoms with Gasteiger partial charge >= 0.3 is 0 Å². The Morgan fingerprint density at radius 2 is 1.89 bits per heavy atom.